The summed E-state index contributed by atoms with van der Waals surface area (Å²) in [6, 6.07) is 14.3. The van der Waals surface area contributed by atoms with E-state index in [0.717, 1.165) is 39.1 Å². The van der Waals surface area contributed by atoms with E-state index in [4.69, 9.17) is 5.73 Å². The Morgan fingerprint density at radius 3 is 2.18 bits per heavy atom. The molecular weight excluding hydrogens is 350 g/mol. The third-order valence-corrected chi connectivity index (χ3v) is 4.92. The molecule has 0 aliphatic heterocycles. The standard InChI is InChI=1S/C21H19N7/c22-18(7-13-1-3-14(4-2-13)16-9-23-24-10-16)21-27-19-6-5-15(8-20(19)28-21)17-11-25-26-12-17/h1-6,8-12,18H,7,22H2,(H,23,24)(H,25,26)(H,27,28). The molecule has 138 valence electrons. The van der Waals surface area contributed by atoms with E-state index in [1.807, 2.05) is 30.7 Å². The van der Waals surface area contributed by atoms with E-state index >= 15 is 0 Å². The van der Waals surface area contributed by atoms with Crippen molar-refractivity contribution in [2.75, 3.05) is 0 Å². The molecule has 0 amide bonds. The molecule has 7 heteroatoms. The second kappa shape index (κ2) is 6.79. The Labute approximate surface area is 161 Å². The number of aromatic amines is 3. The highest BCUT2D eigenvalue weighted by Gasteiger charge is 2.13. The molecule has 1 unspecified atom stereocenters. The molecule has 5 rings (SSSR count). The Bertz CT molecular complexity index is 1190. The van der Waals surface area contributed by atoms with Crippen molar-refractivity contribution in [1.29, 1.82) is 0 Å². The van der Waals surface area contributed by atoms with Gasteiger partial charge in [-0.25, -0.2) is 4.98 Å². The molecule has 1 atom stereocenters. The van der Waals surface area contributed by atoms with Crippen LogP contribution in [0.4, 0.5) is 0 Å². The van der Waals surface area contributed by atoms with Crippen molar-refractivity contribution >= 4 is 11.0 Å². The summed E-state index contributed by atoms with van der Waals surface area (Å²) in [4.78, 5) is 8.05. The smallest absolute Gasteiger partial charge is 0.124 e. The van der Waals surface area contributed by atoms with E-state index in [9.17, 15) is 0 Å². The second-order valence-electron chi connectivity index (χ2n) is 6.84. The Hall–Kier alpha value is -3.71. The summed E-state index contributed by atoms with van der Waals surface area (Å²) < 4.78 is 0. The van der Waals surface area contributed by atoms with Crippen LogP contribution < -0.4 is 5.73 Å². The summed E-state index contributed by atoms with van der Waals surface area (Å²) in [6.45, 7) is 0. The quantitative estimate of drug-likeness (QED) is 0.379. The lowest BCUT2D eigenvalue weighted by Gasteiger charge is -2.09. The van der Waals surface area contributed by atoms with Crippen LogP contribution in [0.3, 0.4) is 0 Å². The third kappa shape index (κ3) is 3.08. The second-order valence-corrected chi connectivity index (χ2v) is 6.84. The van der Waals surface area contributed by atoms with Crippen molar-refractivity contribution in [3.63, 3.8) is 0 Å². The normalized spacial score (nSPS) is 12.5. The fourth-order valence-electron chi connectivity index (χ4n) is 3.39. The van der Waals surface area contributed by atoms with Gasteiger partial charge in [0.05, 0.1) is 29.5 Å². The zero-order valence-electron chi connectivity index (χ0n) is 15.1. The predicted molar refractivity (Wildman–Crippen MR) is 108 cm³/mol. The number of H-pyrrole nitrogens is 3. The van der Waals surface area contributed by atoms with Crippen LogP contribution in [0.2, 0.25) is 0 Å². The molecule has 2 aromatic carbocycles. The van der Waals surface area contributed by atoms with Crippen LogP contribution in [0, 0.1) is 0 Å². The molecule has 0 aliphatic carbocycles. The number of hydrogen-bond donors (Lipinski definition) is 4. The summed E-state index contributed by atoms with van der Waals surface area (Å²) in [5, 5.41) is 13.7. The molecule has 0 fully saturated rings. The van der Waals surface area contributed by atoms with Crippen LogP contribution >= 0.6 is 0 Å². The number of aromatic nitrogens is 6. The molecule has 0 radical (unpaired) electrons. The SMILES string of the molecule is NC(Cc1ccc(-c2cn[nH]c2)cc1)c1nc2ccc(-c3cn[nH]c3)cc2[nH]1. The van der Waals surface area contributed by atoms with E-state index in [1.165, 1.54) is 5.56 Å². The van der Waals surface area contributed by atoms with Gasteiger partial charge in [-0.05, 0) is 35.2 Å². The molecule has 5 aromatic rings. The average Bonchev–Trinajstić information content (AvgIpc) is 3.49. The van der Waals surface area contributed by atoms with Crippen molar-refractivity contribution < 1.29 is 0 Å². The maximum Gasteiger partial charge on any atom is 0.124 e. The average molecular weight is 369 g/mol. The Morgan fingerprint density at radius 2 is 1.50 bits per heavy atom. The van der Waals surface area contributed by atoms with Gasteiger partial charge in [-0.15, -0.1) is 0 Å². The first-order valence-electron chi connectivity index (χ1n) is 9.09. The molecule has 3 heterocycles. The number of fused-ring (bicyclic) bond motifs is 1. The predicted octanol–water partition coefficient (Wildman–Crippen LogP) is 3.59. The summed E-state index contributed by atoms with van der Waals surface area (Å²) in [6.07, 6.45) is 8.08. The van der Waals surface area contributed by atoms with Crippen molar-refractivity contribution in [1.82, 2.24) is 30.4 Å². The molecule has 0 aliphatic rings. The summed E-state index contributed by atoms with van der Waals surface area (Å²) >= 11 is 0. The van der Waals surface area contributed by atoms with Crippen molar-refractivity contribution in [3.05, 3.63) is 78.6 Å². The molecule has 7 nitrogen and oxygen atoms in total. The first kappa shape index (κ1) is 16.5. The minimum absolute atomic E-state index is 0.204. The van der Waals surface area contributed by atoms with Crippen LogP contribution in [0.25, 0.3) is 33.3 Å². The summed E-state index contributed by atoms with van der Waals surface area (Å²) in [5.41, 5.74) is 13.8. The zero-order valence-corrected chi connectivity index (χ0v) is 15.1. The fraction of sp³-hybridized carbons (Fsp3) is 0.0952. The number of nitrogens with two attached hydrogens (primary N) is 1. The maximum atomic E-state index is 6.43. The van der Waals surface area contributed by atoms with E-state index in [-0.39, 0.29) is 6.04 Å². The van der Waals surface area contributed by atoms with Gasteiger partial charge in [0, 0.05) is 23.5 Å². The van der Waals surface area contributed by atoms with Crippen LogP contribution in [0.1, 0.15) is 17.4 Å². The van der Waals surface area contributed by atoms with Gasteiger partial charge in [0.1, 0.15) is 5.82 Å². The highest BCUT2D eigenvalue weighted by molar-refractivity contribution is 5.81. The fourth-order valence-corrected chi connectivity index (χ4v) is 3.39. The minimum Gasteiger partial charge on any atom is -0.341 e. The highest BCUT2D eigenvalue weighted by Crippen LogP contribution is 2.25. The molecule has 0 saturated carbocycles. The van der Waals surface area contributed by atoms with E-state index < -0.39 is 0 Å². The van der Waals surface area contributed by atoms with Crippen LogP contribution in [0.15, 0.2) is 67.3 Å². The molecule has 0 spiro atoms. The number of nitrogens with one attached hydrogen (secondary N) is 3. The first-order chi connectivity index (χ1) is 13.8. The zero-order chi connectivity index (χ0) is 18.9. The van der Waals surface area contributed by atoms with Crippen LogP contribution in [0.5, 0.6) is 0 Å². The van der Waals surface area contributed by atoms with E-state index in [2.05, 4.69) is 60.7 Å². The van der Waals surface area contributed by atoms with Gasteiger partial charge in [0.15, 0.2) is 0 Å². The van der Waals surface area contributed by atoms with Crippen LogP contribution in [-0.4, -0.2) is 30.4 Å². The lowest BCUT2D eigenvalue weighted by atomic mass is 10.0. The Balaban J connectivity index is 1.36. The van der Waals surface area contributed by atoms with Gasteiger partial charge in [-0.1, -0.05) is 30.3 Å². The maximum absolute atomic E-state index is 6.43. The Kier molecular flexibility index (Phi) is 3.99. The van der Waals surface area contributed by atoms with Gasteiger partial charge in [-0.3, -0.25) is 10.2 Å². The van der Waals surface area contributed by atoms with Gasteiger partial charge < -0.3 is 10.7 Å². The molecule has 0 saturated heterocycles. The van der Waals surface area contributed by atoms with Crippen molar-refractivity contribution in [3.8, 4) is 22.3 Å². The van der Waals surface area contributed by atoms with E-state index in [1.54, 1.807) is 6.20 Å². The number of benzene rings is 2. The van der Waals surface area contributed by atoms with E-state index in [0.29, 0.717) is 6.42 Å². The molecule has 0 bridgehead atoms. The number of hydrogen-bond acceptors (Lipinski definition) is 4. The number of rotatable bonds is 5. The summed E-state index contributed by atoms with van der Waals surface area (Å²) in [7, 11) is 0. The molecular formula is C21H19N7. The molecule has 3 aromatic heterocycles. The molecule has 28 heavy (non-hydrogen) atoms. The van der Waals surface area contributed by atoms with Crippen molar-refractivity contribution in [2.24, 2.45) is 5.73 Å². The monoisotopic (exact) mass is 369 g/mol. The lowest BCUT2D eigenvalue weighted by molar-refractivity contribution is 0.680. The van der Waals surface area contributed by atoms with Gasteiger partial charge in [0.2, 0.25) is 0 Å². The number of nitrogens with zero attached hydrogens (tertiary/aromatic N) is 3. The Morgan fingerprint density at radius 1 is 0.821 bits per heavy atom. The lowest BCUT2D eigenvalue weighted by Crippen LogP contribution is -2.14. The largest absolute Gasteiger partial charge is 0.341 e. The summed E-state index contributed by atoms with van der Waals surface area (Å²) in [5.74, 6) is 0.790. The highest BCUT2D eigenvalue weighted by atomic mass is 15.1. The van der Waals surface area contributed by atoms with Gasteiger partial charge in [0.25, 0.3) is 0 Å². The topological polar surface area (TPSA) is 112 Å². The minimum atomic E-state index is -0.204. The number of imidazole rings is 1. The first-order valence-corrected chi connectivity index (χ1v) is 9.09. The third-order valence-electron chi connectivity index (χ3n) is 4.92. The van der Waals surface area contributed by atoms with Crippen molar-refractivity contribution in [2.45, 2.75) is 12.5 Å². The van der Waals surface area contributed by atoms with Gasteiger partial charge in [-0.2, -0.15) is 10.2 Å². The molecule has 5 N–H and O–H groups in total. The van der Waals surface area contributed by atoms with Crippen LogP contribution in [-0.2, 0) is 6.42 Å². The van der Waals surface area contributed by atoms with Gasteiger partial charge >= 0.3 is 0 Å².